The lowest BCUT2D eigenvalue weighted by molar-refractivity contribution is -0.148. The molecule has 1 aliphatic carbocycles. The van der Waals surface area contributed by atoms with Crippen LogP contribution in [0, 0.1) is 6.92 Å². The Morgan fingerprint density at radius 2 is 2.05 bits per heavy atom. The number of Topliss-reactive ketones (excluding diaryl/α,β-unsaturated/α-hetero) is 1. The van der Waals surface area contributed by atoms with Crippen LogP contribution >= 0.6 is 11.6 Å². The van der Waals surface area contributed by atoms with E-state index in [1.54, 1.807) is 4.68 Å². The lowest BCUT2D eigenvalue weighted by Gasteiger charge is -2.35. The molecule has 0 amide bonds. The number of nitrogens with zero attached hydrogens (tertiary/aromatic N) is 2. The number of ketones is 1. The molecule has 112 valence electrons. The molecule has 2 rings (SSSR count). The number of hydrogen-bond acceptors (Lipinski definition) is 3. The van der Waals surface area contributed by atoms with Crippen molar-refractivity contribution in [1.29, 1.82) is 0 Å². The number of aryl methyl sites for hydroxylation is 2. The largest absolute Gasteiger partial charge is 0.367 e. The minimum absolute atomic E-state index is 0.143. The summed E-state index contributed by atoms with van der Waals surface area (Å²) in [5.74, 6) is 0.143. The zero-order valence-electron chi connectivity index (χ0n) is 12.5. The maximum absolute atomic E-state index is 12.8. The van der Waals surface area contributed by atoms with Gasteiger partial charge in [0.2, 0.25) is 0 Å². The van der Waals surface area contributed by atoms with Crippen molar-refractivity contribution in [3.63, 3.8) is 0 Å². The maximum Gasteiger partial charge on any atom is 0.170 e. The second kappa shape index (κ2) is 6.27. The molecule has 1 aromatic rings. The molecular weight excluding hydrogens is 276 g/mol. The Bertz CT molecular complexity index is 485. The van der Waals surface area contributed by atoms with Gasteiger partial charge >= 0.3 is 0 Å². The monoisotopic (exact) mass is 298 g/mol. The summed E-state index contributed by atoms with van der Waals surface area (Å²) in [6, 6.07) is 0. The van der Waals surface area contributed by atoms with E-state index < -0.39 is 5.60 Å². The molecule has 0 unspecified atom stereocenters. The first-order valence-electron chi connectivity index (χ1n) is 7.35. The topological polar surface area (TPSA) is 44.1 Å². The minimum Gasteiger partial charge on any atom is -0.367 e. The van der Waals surface area contributed by atoms with Gasteiger partial charge in [0.15, 0.2) is 5.78 Å². The van der Waals surface area contributed by atoms with Gasteiger partial charge < -0.3 is 4.74 Å². The van der Waals surface area contributed by atoms with Gasteiger partial charge in [0.05, 0.1) is 22.8 Å². The van der Waals surface area contributed by atoms with Gasteiger partial charge in [-0.1, -0.05) is 30.9 Å². The molecule has 0 aliphatic heterocycles. The van der Waals surface area contributed by atoms with Crippen LogP contribution in [0.25, 0.3) is 0 Å². The third-order valence-electron chi connectivity index (χ3n) is 4.18. The Morgan fingerprint density at radius 1 is 1.40 bits per heavy atom. The van der Waals surface area contributed by atoms with E-state index in [2.05, 4.69) is 5.10 Å². The fourth-order valence-corrected chi connectivity index (χ4v) is 3.32. The van der Waals surface area contributed by atoms with Crippen LogP contribution in [-0.2, 0) is 23.0 Å². The van der Waals surface area contributed by atoms with Crippen LogP contribution in [0.2, 0.25) is 5.02 Å². The molecule has 1 heterocycles. The van der Waals surface area contributed by atoms with Crippen LogP contribution < -0.4 is 0 Å². The van der Waals surface area contributed by atoms with Crippen LogP contribution in [-0.4, -0.2) is 27.8 Å². The van der Waals surface area contributed by atoms with Crippen molar-refractivity contribution in [3.8, 4) is 0 Å². The van der Waals surface area contributed by atoms with Gasteiger partial charge in [-0.3, -0.25) is 9.48 Å². The molecule has 0 bridgehead atoms. The molecule has 20 heavy (non-hydrogen) atoms. The fraction of sp³-hybridized carbons (Fsp3) is 0.733. The van der Waals surface area contributed by atoms with Crippen LogP contribution in [0.5, 0.6) is 0 Å². The van der Waals surface area contributed by atoms with Crippen LogP contribution in [0.4, 0.5) is 0 Å². The molecule has 0 saturated heterocycles. The van der Waals surface area contributed by atoms with Crippen LogP contribution in [0.1, 0.15) is 50.4 Å². The van der Waals surface area contributed by atoms with Crippen molar-refractivity contribution in [2.75, 3.05) is 6.61 Å². The zero-order chi connectivity index (χ0) is 14.8. The van der Waals surface area contributed by atoms with Gasteiger partial charge in [0.25, 0.3) is 0 Å². The van der Waals surface area contributed by atoms with E-state index in [4.69, 9.17) is 16.3 Å². The second-order valence-electron chi connectivity index (χ2n) is 5.56. The van der Waals surface area contributed by atoms with Gasteiger partial charge in [-0.25, -0.2) is 0 Å². The van der Waals surface area contributed by atoms with Crippen molar-refractivity contribution >= 4 is 17.4 Å². The Labute approximate surface area is 125 Å². The lowest BCUT2D eigenvalue weighted by Crippen LogP contribution is -2.44. The van der Waals surface area contributed by atoms with E-state index in [9.17, 15) is 4.79 Å². The third kappa shape index (κ3) is 2.91. The standard InChI is InChI=1S/C15H23ClN2O2/c1-4-20-15(8-6-5-7-9-15)13(19)10-12-14(16)11(2)17-18(12)3/h4-10H2,1-3H3. The molecule has 5 heteroatoms. The lowest BCUT2D eigenvalue weighted by atomic mass is 9.80. The average molecular weight is 299 g/mol. The van der Waals surface area contributed by atoms with E-state index >= 15 is 0 Å². The Hall–Kier alpha value is -0.870. The molecule has 0 radical (unpaired) electrons. The molecule has 1 aliphatic rings. The van der Waals surface area contributed by atoms with E-state index in [0.29, 0.717) is 18.1 Å². The first-order chi connectivity index (χ1) is 9.50. The summed E-state index contributed by atoms with van der Waals surface area (Å²) in [5.41, 5.74) is 0.957. The van der Waals surface area contributed by atoms with Gasteiger partial charge in [-0.2, -0.15) is 5.10 Å². The average Bonchev–Trinajstić information content (AvgIpc) is 2.67. The van der Waals surface area contributed by atoms with Crippen molar-refractivity contribution in [2.24, 2.45) is 7.05 Å². The highest BCUT2D eigenvalue weighted by atomic mass is 35.5. The smallest absolute Gasteiger partial charge is 0.170 e. The van der Waals surface area contributed by atoms with Crippen molar-refractivity contribution in [3.05, 3.63) is 16.4 Å². The highest BCUT2D eigenvalue weighted by Gasteiger charge is 2.40. The molecule has 1 aromatic heterocycles. The number of rotatable bonds is 5. The SMILES string of the molecule is CCOC1(C(=O)Cc2c(Cl)c(C)nn2C)CCCCC1. The van der Waals surface area contributed by atoms with Gasteiger partial charge in [-0.05, 0) is 26.7 Å². The van der Waals surface area contributed by atoms with Gasteiger partial charge in [-0.15, -0.1) is 0 Å². The summed E-state index contributed by atoms with van der Waals surface area (Å²) in [6.07, 6.45) is 5.26. The van der Waals surface area contributed by atoms with E-state index in [1.165, 1.54) is 6.42 Å². The van der Waals surface area contributed by atoms with Crippen molar-refractivity contribution in [2.45, 2.75) is 58.0 Å². The normalized spacial score (nSPS) is 18.2. The second-order valence-corrected chi connectivity index (χ2v) is 5.94. The first kappa shape index (κ1) is 15.5. The summed E-state index contributed by atoms with van der Waals surface area (Å²) < 4.78 is 7.58. The first-order valence-corrected chi connectivity index (χ1v) is 7.73. The number of carbonyl (C=O) groups is 1. The summed E-state index contributed by atoms with van der Waals surface area (Å²) in [5, 5.41) is 4.87. The molecule has 0 aromatic carbocycles. The van der Waals surface area contributed by atoms with Crippen LogP contribution in [0.3, 0.4) is 0 Å². The zero-order valence-corrected chi connectivity index (χ0v) is 13.3. The Kier molecular flexibility index (Phi) is 4.86. The fourth-order valence-electron chi connectivity index (χ4n) is 3.09. The number of ether oxygens (including phenoxy) is 1. The minimum atomic E-state index is -0.603. The van der Waals surface area contributed by atoms with Gasteiger partial charge in [0, 0.05) is 13.7 Å². The summed E-state index contributed by atoms with van der Waals surface area (Å²) in [6.45, 7) is 4.38. The molecular formula is C15H23ClN2O2. The quantitative estimate of drug-likeness (QED) is 0.838. The summed E-state index contributed by atoms with van der Waals surface area (Å²) in [4.78, 5) is 12.8. The number of aromatic nitrogens is 2. The number of halogens is 1. The van der Waals surface area contributed by atoms with Crippen molar-refractivity contribution in [1.82, 2.24) is 9.78 Å². The van der Waals surface area contributed by atoms with Gasteiger partial charge in [0.1, 0.15) is 5.60 Å². The highest BCUT2D eigenvalue weighted by molar-refractivity contribution is 6.32. The summed E-state index contributed by atoms with van der Waals surface area (Å²) >= 11 is 6.24. The predicted molar refractivity (Wildman–Crippen MR) is 79.1 cm³/mol. The van der Waals surface area contributed by atoms with Crippen LogP contribution in [0.15, 0.2) is 0 Å². The molecule has 4 nitrogen and oxygen atoms in total. The van der Waals surface area contributed by atoms with E-state index in [-0.39, 0.29) is 5.78 Å². The highest BCUT2D eigenvalue weighted by Crippen LogP contribution is 2.34. The van der Waals surface area contributed by atoms with E-state index in [0.717, 1.165) is 37.1 Å². The molecule has 1 saturated carbocycles. The third-order valence-corrected chi connectivity index (χ3v) is 4.67. The molecule has 0 atom stereocenters. The predicted octanol–water partition coefficient (Wildman–Crippen LogP) is 3.23. The number of hydrogen-bond donors (Lipinski definition) is 0. The Balaban J connectivity index is 2.20. The summed E-state index contributed by atoms with van der Waals surface area (Å²) in [7, 11) is 1.83. The van der Waals surface area contributed by atoms with E-state index in [1.807, 2.05) is 20.9 Å². The number of carbonyl (C=O) groups excluding carboxylic acids is 1. The molecule has 0 N–H and O–H groups in total. The Morgan fingerprint density at radius 3 is 2.55 bits per heavy atom. The van der Waals surface area contributed by atoms with Crippen molar-refractivity contribution < 1.29 is 9.53 Å². The molecule has 1 fully saturated rings. The maximum atomic E-state index is 12.8. The molecule has 0 spiro atoms.